The summed E-state index contributed by atoms with van der Waals surface area (Å²) in [7, 11) is 0. The predicted molar refractivity (Wildman–Crippen MR) is 132 cm³/mol. The van der Waals surface area contributed by atoms with Gasteiger partial charge in [-0.15, -0.1) is 0 Å². The van der Waals surface area contributed by atoms with Crippen molar-refractivity contribution in [1.29, 1.82) is 0 Å². The van der Waals surface area contributed by atoms with Crippen LogP contribution in [-0.4, -0.2) is 24.2 Å². The minimum Gasteiger partial charge on any atom is -0.478 e. The van der Waals surface area contributed by atoms with Crippen LogP contribution in [0.5, 0.6) is 0 Å². The number of hydrogen-bond acceptors (Lipinski definition) is 2. The fraction of sp³-hybridized carbons (Fsp3) is 0.138. The van der Waals surface area contributed by atoms with Crippen LogP contribution in [0.3, 0.4) is 0 Å². The lowest BCUT2D eigenvalue weighted by Crippen LogP contribution is -2.19. The van der Waals surface area contributed by atoms with Gasteiger partial charge in [0.2, 0.25) is 0 Å². The normalized spacial score (nSPS) is 14.1. The average Bonchev–Trinajstić information content (AvgIpc) is 2.88. The van der Waals surface area contributed by atoms with E-state index in [-0.39, 0.29) is 5.56 Å². The second kappa shape index (κ2) is 9.04. The van der Waals surface area contributed by atoms with Gasteiger partial charge in [-0.05, 0) is 87.5 Å². The molecule has 3 nitrogen and oxygen atoms in total. The molecular weight excluding hydrogens is 451 g/mol. The molecule has 35 heavy (non-hydrogen) atoms. The van der Waals surface area contributed by atoms with Crippen molar-refractivity contribution in [2.24, 2.45) is 0 Å². The van der Waals surface area contributed by atoms with Gasteiger partial charge in [0.25, 0.3) is 0 Å². The molecule has 0 saturated carbocycles. The lowest BCUT2D eigenvalue weighted by molar-refractivity contribution is -0.137. The molecular formula is C29H22F3NO2. The third kappa shape index (κ3) is 4.70. The molecule has 0 radical (unpaired) electrons. The van der Waals surface area contributed by atoms with Crippen molar-refractivity contribution in [2.75, 3.05) is 13.1 Å². The number of rotatable bonds is 4. The average molecular weight is 473 g/mol. The number of aromatic carboxylic acids is 1. The summed E-state index contributed by atoms with van der Waals surface area (Å²) < 4.78 is 38.8. The largest absolute Gasteiger partial charge is 0.478 e. The van der Waals surface area contributed by atoms with E-state index in [4.69, 9.17) is 0 Å². The second-order valence-corrected chi connectivity index (χ2v) is 8.60. The molecule has 0 aliphatic carbocycles. The number of hydrogen-bond donors (Lipinski definition) is 2. The lowest BCUT2D eigenvalue weighted by Gasteiger charge is -2.15. The Morgan fingerprint density at radius 1 is 0.800 bits per heavy atom. The molecule has 0 aromatic heterocycles. The molecule has 0 fully saturated rings. The fourth-order valence-electron chi connectivity index (χ4n) is 4.51. The van der Waals surface area contributed by atoms with Gasteiger partial charge in [0.05, 0.1) is 11.1 Å². The molecule has 0 amide bonds. The van der Waals surface area contributed by atoms with Crippen LogP contribution in [0.1, 0.15) is 27.9 Å². The molecule has 0 atom stereocenters. The summed E-state index contributed by atoms with van der Waals surface area (Å²) in [5, 5.41) is 14.6. The van der Waals surface area contributed by atoms with E-state index in [1.54, 1.807) is 12.1 Å². The van der Waals surface area contributed by atoms with Gasteiger partial charge in [-0.3, -0.25) is 0 Å². The van der Waals surface area contributed by atoms with Gasteiger partial charge in [0.1, 0.15) is 0 Å². The quantitative estimate of drug-likeness (QED) is 0.328. The second-order valence-electron chi connectivity index (χ2n) is 8.60. The van der Waals surface area contributed by atoms with Crippen LogP contribution >= 0.6 is 0 Å². The van der Waals surface area contributed by atoms with Crippen molar-refractivity contribution < 1.29 is 23.1 Å². The van der Waals surface area contributed by atoms with E-state index >= 15 is 0 Å². The SMILES string of the molecule is O=C(O)c1cc(-c2ccc(C3=CCNCC3)cc2)c2ccc(-c3ccc(C(F)(F)F)cc3)cc2c1. The third-order valence-electron chi connectivity index (χ3n) is 6.38. The Labute approximate surface area is 200 Å². The summed E-state index contributed by atoms with van der Waals surface area (Å²) in [6.45, 7) is 1.80. The Morgan fingerprint density at radius 3 is 2.09 bits per heavy atom. The highest BCUT2D eigenvalue weighted by Crippen LogP contribution is 2.35. The van der Waals surface area contributed by atoms with Gasteiger partial charge < -0.3 is 10.4 Å². The monoisotopic (exact) mass is 473 g/mol. The third-order valence-corrected chi connectivity index (χ3v) is 6.38. The first-order valence-corrected chi connectivity index (χ1v) is 11.3. The zero-order valence-electron chi connectivity index (χ0n) is 18.7. The van der Waals surface area contributed by atoms with Crippen LogP contribution < -0.4 is 5.32 Å². The van der Waals surface area contributed by atoms with Crippen LogP contribution in [0.2, 0.25) is 0 Å². The molecule has 1 aliphatic rings. The molecule has 1 heterocycles. The summed E-state index contributed by atoms with van der Waals surface area (Å²) >= 11 is 0. The van der Waals surface area contributed by atoms with Gasteiger partial charge in [0, 0.05) is 6.54 Å². The maximum atomic E-state index is 12.9. The van der Waals surface area contributed by atoms with Gasteiger partial charge in [-0.2, -0.15) is 13.2 Å². The minimum atomic E-state index is -4.40. The Bertz CT molecular complexity index is 1440. The number of fused-ring (bicyclic) bond motifs is 1. The zero-order chi connectivity index (χ0) is 24.6. The molecule has 5 rings (SSSR count). The zero-order valence-corrected chi connectivity index (χ0v) is 18.7. The summed E-state index contributed by atoms with van der Waals surface area (Å²) in [4.78, 5) is 11.9. The standard InChI is InChI=1S/C29H22F3NO2/c30-29(31,32)25-8-5-19(6-9-25)22-7-10-26-23(15-22)16-24(28(34)35)17-27(26)21-3-1-18(2-4-21)20-11-13-33-14-12-20/h1-11,15-17,33H,12-14H2,(H,34,35). The molecule has 2 N–H and O–H groups in total. The summed E-state index contributed by atoms with van der Waals surface area (Å²) in [6, 6.07) is 21.9. The van der Waals surface area contributed by atoms with E-state index in [1.807, 2.05) is 30.3 Å². The molecule has 1 aliphatic heterocycles. The smallest absolute Gasteiger partial charge is 0.416 e. The van der Waals surface area contributed by atoms with Gasteiger partial charge >= 0.3 is 12.1 Å². The van der Waals surface area contributed by atoms with E-state index < -0.39 is 17.7 Å². The summed E-state index contributed by atoms with van der Waals surface area (Å²) in [5.41, 5.74) is 4.93. The summed E-state index contributed by atoms with van der Waals surface area (Å²) in [6.07, 6.45) is -1.25. The number of alkyl halides is 3. The number of carboxylic acid groups (broad SMARTS) is 1. The predicted octanol–water partition coefficient (Wildman–Crippen LogP) is 7.27. The maximum absolute atomic E-state index is 12.9. The number of halogens is 3. The Balaban J connectivity index is 1.57. The van der Waals surface area contributed by atoms with Crippen molar-refractivity contribution in [1.82, 2.24) is 5.32 Å². The number of benzene rings is 4. The maximum Gasteiger partial charge on any atom is 0.416 e. The Kier molecular flexibility index (Phi) is 5.91. The summed E-state index contributed by atoms with van der Waals surface area (Å²) in [5.74, 6) is -1.04. The molecule has 0 unspecified atom stereocenters. The molecule has 4 aromatic rings. The van der Waals surface area contributed by atoms with Crippen molar-refractivity contribution >= 4 is 22.3 Å². The Morgan fingerprint density at radius 2 is 1.46 bits per heavy atom. The molecule has 176 valence electrons. The van der Waals surface area contributed by atoms with E-state index in [0.29, 0.717) is 16.5 Å². The highest BCUT2D eigenvalue weighted by atomic mass is 19.4. The number of carbonyl (C=O) groups is 1. The van der Waals surface area contributed by atoms with Crippen molar-refractivity contribution in [3.63, 3.8) is 0 Å². The van der Waals surface area contributed by atoms with Crippen LogP contribution in [0, 0.1) is 0 Å². The van der Waals surface area contributed by atoms with E-state index in [1.165, 1.54) is 17.7 Å². The highest BCUT2D eigenvalue weighted by Gasteiger charge is 2.30. The Hall–Kier alpha value is -3.90. The lowest BCUT2D eigenvalue weighted by atomic mass is 9.91. The van der Waals surface area contributed by atoms with Gasteiger partial charge in [-0.25, -0.2) is 4.79 Å². The van der Waals surface area contributed by atoms with Crippen LogP contribution in [-0.2, 0) is 6.18 Å². The van der Waals surface area contributed by atoms with Gasteiger partial charge in [-0.1, -0.05) is 54.6 Å². The van der Waals surface area contributed by atoms with Crippen LogP contribution in [0.15, 0.2) is 84.9 Å². The van der Waals surface area contributed by atoms with Crippen molar-refractivity contribution in [2.45, 2.75) is 12.6 Å². The first-order valence-electron chi connectivity index (χ1n) is 11.3. The fourth-order valence-corrected chi connectivity index (χ4v) is 4.51. The molecule has 6 heteroatoms. The molecule has 0 bridgehead atoms. The minimum absolute atomic E-state index is 0.155. The van der Waals surface area contributed by atoms with Crippen molar-refractivity contribution in [3.05, 3.63) is 102 Å². The first kappa shape index (κ1) is 22.9. The number of nitrogens with one attached hydrogen (secondary N) is 1. The van der Waals surface area contributed by atoms with E-state index in [0.717, 1.165) is 53.7 Å². The van der Waals surface area contributed by atoms with Crippen LogP contribution in [0.4, 0.5) is 13.2 Å². The van der Waals surface area contributed by atoms with Crippen LogP contribution in [0.25, 0.3) is 38.6 Å². The van der Waals surface area contributed by atoms with E-state index in [9.17, 15) is 23.1 Å². The van der Waals surface area contributed by atoms with Gasteiger partial charge in [0.15, 0.2) is 0 Å². The topological polar surface area (TPSA) is 49.3 Å². The molecule has 0 spiro atoms. The highest BCUT2D eigenvalue weighted by molar-refractivity contribution is 6.04. The van der Waals surface area contributed by atoms with E-state index in [2.05, 4.69) is 23.5 Å². The number of carboxylic acids is 1. The molecule has 4 aromatic carbocycles. The molecule has 0 saturated heterocycles. The van der Waals surface area contributed by atoms with Crippen molar-refractivity contribution in [3.8, 4) is 22.3 Å². The first-order chi connectivity index (χ1) is 16.8.